The largest absolute Gasteiger partial charge is 0.508 e. The van der Waals surface area contributed by atoms with Crippen LogP contribution in [-0.4, -0.2) is 23.3 Å². The van der Waals surface area contributed by atoms with Crippen LogP contribution in [0.25, 0.3) is 0 Å². The van der Waals surface area contributed by atoms with Crippen LogP contribution in [-0.2, 0) is 14.9 Å². The molecule has 0 aromatic heterocycles. The summed E-state index contributed by atoms with van der Waals surface area (Å²) in [6, 6.07) is 4.71. The van der Waals surface area contributed by atoms with Gasteiger partial charge in [0.05, 0.1) is 7.11 Å². The number of phenolic OH excluding ortho intramolecular Hbond substituents is 2. The molecule has 0 aliphatic rings. The normalized spacial score (nSPS) is 11.3. The first kappa shape index (κ1) is 16.3. The Kier molecular flexibility index (Phi) is 5.86. The van der Waals surface area contributed by atoms with E-state index in [1.165, 1.54) is 13.2 Å². The van der Waals surface area contributed by atoms with E-state index in [0.717, 1.165) is 31.2 Å². The van der Waals surface area contributed by atoms with Crippen molar-refractivity contribution in [1.29, 1.82) is 0 Å². The van der Waals surface area contributed by atoms with Gasteiger partial charge in [-0.25, -0.2) is 0 Å². The molecule has 0 heterocycles. The molecule has 0 saturated carbocycles. The molecular weight excluding hydrogens is 256 g/mol. The lowest BCUT2D eigenvalue weighted by Gasteiger charge is -2.25. The molecule has 1 rings (SSSR count). The first-order valence-electron chi connectivity index (χ1n) is 6.95. The summed E-state index contributed by atoms with van der Waals surface area (Å²) < 4.78 is 4.60. The molecule has 20 heavy (non-hydrogen) atoms. The molecule has 112 valence electrons. The van der Waals surface area contributed by atoms with E-state index >= 15 is 0 Å². The van der Waals surface area contributed by atoms with Gasteiger partial charge in [0.1, 0.15) is 11.5 Å². The van der Waals surface area contributed by atoms with E-state index in [-0.39, 0.29) is 22.9 Å². The molecule has 1 aromatic rings. The number of rotatable bonds is 7. The number of ether oxygens (including phenoxy) is 1. The maximum absolute atomic E-state index is 11.0. The summed E-state index contributed by atoms with van der Waals surface area (Å²) in [4.78, 5) is 11.0. The van der Waals surface area contributed by atoms with Crippen LogP contribution in [0.5, 0.6) is 11.5 Å². The van der Waals surface area contributed by atoms with Gasteiger partial charge < -0.3 is 14.9 Å². The highest BCUT2D eigenvalue weighted by Gasteiger charge is 2.21. The van der Waals surface area contributed by atoms with E-state index < -0.39 is 0 Å². The fourth-order valence-electron chi connectivity index (χ4n) is 2.25. The minimum Gasteiger partial charge on any atom is -0.508 e. The van der Waals surface area contributed by atoms with Crippen LogP contribution >= 0.6 is 0 Å². The molecule has 0 aliphatic carbocycles. The zero-order chi connectivity index (χ0) is 15.2. The van der Waals surface area contributed by atoms with E-state index in [1.54, 1.807) is 12.1 Å². The summed E-state index contributed by atoms with van der Waals surface area (Å²) in [5, 5.41) is 19.1. The maximum Gasteiger partial charge on any atom is 0.305 e. The number of carbonyl (C=O) groups excluding carboxylic acids is 1. The van der Waals surface area contributed by atoms with Crippen LogP contribution in [0, 0.1) is 0 Å². The van der Waals surface area contributed by atoms with Crippen molar-refractivity contribution in [1.82, 2.24) is 0 Å². The highest BCUT2D eigenvalue weighted by atomic mass is 16.5. The van der Waals surface area contributed by atoms with E-state index in [9.17, 15) is 15.0 Å². The number of carbonyl (C=O) groups is 1. The number of benzene rings is 1. The van der Waals surface area contributed by atoms with Crippen molar-refractivity contribution in [2.45, 2.75) is 51.4 Å². The molecule has 4 nitrogen and oxygen atoms in total. The fourth-order valence-corrected chi connectivity index (χ4v) is 2.25. The number of phenols is 2. The quantitative estimate of drug-likeness (QED) is 0.592. The van der Waals surface area contributed by atoms with E-state index in [1.807, 2.05) is 0 Å². The predicted octanol–water partition coefficient (Wildman–Crippen LogP) is 3.50. The second-order valence-corrected chi connectivity index (χ2v) is 5.76. The molecule has 0 amide bonds. The van der Waals surface area contributed by atoms with Gasteiger partial charge in [0.25, 0.3) is 0 Å². The number of aromatic hydroxyl groups is 2. The van der Waals surface area contributed by atoms with Crippen molar-refractivity contribution >= 4 is 5.97 Å². The van der Waals surface area contributed by atoms with Crippen LogP contribution in [0.2, 0.25) is 0 Å². The number of esters is 1. The number of methoxy groups -OCH3 is 1. The molecule has 0 bridgehead atoms. The molecule has 0 fully saturated rings. The zero-order valence-corrected chi connectivity index (χ0v) is 12.5. The van der Waals surface area contributed by atoms with Gasteiger partial charge in [-0.1, -0.05) is 26.7 Å². The Hall–Kier alpha value is -1.71. The Balaban J connectivity index is 2.47. The minimum absolute atomic E-state index is 0.0822. The SMILES string of the molecule is COC(=O)CCCCCC(C)(C)c1cc(O)cc(O)c1. The molecule has 1 aromatic carbocycles. The Morgan fingerprint density at radius 3 is 2.25 bits per heavy atom. The third-order valence-corrected chi connectivity index (χ3v) is 3.59. The molecule has 0 saturated heterocycles. The summed E-state index contributed by atoms with van der Waals surface area (Å²) in [6.07, 6.45) is 4.17. The van der Waals surface area contributed by atoms with Crippen LogP contribution in [0.1, 0.15) is 51.5 Å². The molecule has 2 N–H and O–H groups in total. The molecule has 4 heteroatoms. The van der Waals surface area contributed by atoms with Gasteiger partial charge in [-0.05, 0) is 36.0 Å². The molecule has 0 radical (unpaired) electrons. The zero-order valence-electron chi connectivity index (χ0n) is 12.5. The topological polar surface area (TPSA) is 66.8 Å². The lowest BCUT2D eigenvalue weighted by Crippen LogP contribution is -2.16. The molecular formula is C16H24O4. The Morgan fingerprint density at radius 2 is 1.70 bits per heavy atom. The summed E-state index contributed by atoms with van der Waals surface area (Å²) in [5.41, 5.74) is 0.796. The second-order valence-electron chi connectivity index (χ2n) is 5.76. The summed E-state index contributed by atoms with van der Waals surface area (Å²) in [5.74, 6) is -0.000281. The third kappa shape index (κ3) is 5.11. The van der Waals surface area contributed by atoms with E-state index in [0.29, 0.717) is 6.42 Å². The van der Waals surface area contributed by atoms with Crippen LogP contribution in [0.15, 0.2) is 18.2 Å². The highest BCUT2D eigenvalue weighted by molar-refractivity contribution is 5.68. The van der Waals surface area contributed by atoms with Crippen LogP contribution < -0.4 is 0 Å². The summed E-state index contributed by atoms with van der Waals surface area (Å²) in [7, 11) is 1.40. The Labute approximate surface area is 120 Å². The number of unbranched alkanes of at least 4 members (excludes halogenated alkanes) is 2. The number of hydrogen-bond acceptors (Lipinski definition) is 4. The van der Waals surface area contributed by atoms with E-state index in [4.69, 9.17) is 0 Å². The monoisotopic (exact) mass is 280 g/mol. The number of hydrogen-bond donors (Lipinski definition) is 2. The highest BCUT2D eigenvalue weighted by Crippen LogP contribution is 2.33. The fraction of sp³-hybridized carbons (Fsp3) is 0.562. The van der Waals surface area contributed by atoms with Gasteiger partial charge >= 0.3 is 5.97 Å². The van der Waals surface area contributed by atoms with Crippen LogP contribution in [0.4, 0.5) is 0 Å². The smallest absolute Gasteiger partial charge is 0.305 e. The first-order valence-corrected chi connectivity index (χ1v) is 6.95. The first-order chi connectivity index (χ1) is 9.35. The lowest BCUT2D eigenvalue weighted by atomic mass is 9.80. The van der Waals surface area contributed by atoms with Gasteiger partial charge in [-0.3, -0.25) is 4.79 Å². The van der Waals surface area contributed by atoms with Crippen molar-refractivity contribution in [2.24, 2.45) is 0 Å². The predicted molar refractivity (Wildman–Crippen MR) is 77.9 cm³/mol. The molecule has 0 aliphatic heterocycles. The van der Waals surface area contributed by atoms with Gasteiger partial charge in [0, 0.05) is 12.5 Å². The molecule has 0 spiro atoms. The van der Waals surface area contributed by atoms with Gasteiger partial charge in [-0.2, -0.15) is 0 Å². The van der Waals surface area contributed by atoms with E-state index in [2.05, 4.69) is 18.6 Å². The average molecular weight is 280 g/mol. The second kappa shape index (κ2) is 7.17. The summed E-state index contributed by atoms with van der Waals surface area (Å²) >= 11 is 0. The van der Waals surface area contributed by atoms with Crippen molar-refractivity contribution < 1.29 is 19.7 Å². The lowest BCUT2D eigenvalue weighted by molar-refractivity contribution is -0.140. The molecule has 0 atom stereocenters. The van der Waals surface area contributed by atoms with Gasteiger partial charge in [0.2, 0.25) is 0 Å². The summed E-state index contributed by atoms with van der Waals surface area (Å²) in [6.45, 7) is 4.17. The molecule has 0 unspecified atom stereocenters. The maximum atomic E-state index is 11.0. The standard InChI is InChI=1S/C16H24O4/c1-16(2,8-6-4-5-7-15(19)20-3)12-9-13(17)11-14(18)10-12/h9-11,17-18H,4-8H2,1-3H3. The van der Waals surface area contributed by atoms with Crippen molar-refractivity contribution in [3.05, 3.63) is 23.8 Å². The average Bonchev–Trinajstić information content (AvgIpc) is 2.36. The third-order valence-electron chi connectivity index (χ3n) is 3.59. The van der Waals surface area contributed by atoms with Crippen LogP contribution in [0.3, 0.4) is 0 Å². The minimum atomic E-state index is -0.165. The van der Waals surface area contributed by atoms with Crippen molar-refractivity contribution in [2.75, 3.05) is 7.11 Å². The van der Waals surface area contributed by atoms with Crippen molar-refractivity contribution in [3.8, 4) is 11.5 Å². The Bertz CT molecular complexity index is 432. The Morgan fingerprint density at radius 1 is 1.10 bits per heavy atom. The van der Waals surface area contributed by atoms with Crippen molar-refractivity contribution in [3.63, 3.8) is 0 Å². The van der Waals surface area contributed by atoms with Gasteiger partial charge in [-0.15, -0.1) is 0 Å². The van der Waals surface area contributed by atoms with Gasteiger partial charge in [0.15, 0.2) is 0 Å².